The van der Waals surface area contributed by atoms with E-state index in [1.165, 1.54) is 6.33 Å². The minimum absolute atomic E-state index is 0.190. The van der Waals surface area contributed by atoms with Crippen LogP contribution in [0.3, 0.4) is 0 Å². The van der Waals surface area contributed by atoms with Gasteiger partial charge in [-0.15, -0.1) is 0 Å². The molecule has 1 heterocycles. The first-order valence-electron chi connectivity index (χ1n) is 4.18. The Morgan fingerprint density at radius 1 is 1.47 bits per heavy atom. The van der Waals surface area contributed by atoms with Crippen LogP contribution in [0, 0.1) is 0 Å². The lowest BCUT2D eigenvalue weighted by Crippen LogP contribution is -2.13. The summed E-state index contributed by atoms with van der Waals surface area (Å²) >= 11 is 3.31. The monoisotopic (exact) mass is 266 g/mol. The van der Waals surface area contributed by atoms with Crippen LogP contribution in [0.2, 0.25) is 0 Å². The first-order valence-corrected chi connectivity index (χ1v) is 4.97. The molecule has 2 aromatic rings. The molecule has 0 saturated carbocycles. The van der Waals surface area contributed by atoms with Crippen molar-refractivity contribution in [3.63, 3.8) is 0 Å². The summed E-state index contributed by atoms with van der Waals surface area (Å²) < 4.78 is 0.901. The van der Waals surface area contributed by atoms with Gasteiger partial charge in [0.2, 0.25) is 5.82 Å². The minimum Gasteiger partial charge on any atom is -0.319 e. The predicted molar refractivity (Wildman–Crippen MR) is 58.5 cm³/mol. The number of anilines is 1. The fraction of sp³-hybridized carbons (Fsp3) is 0. The van der Waals surface area contributed by atoms with E-state index in [0.29, 0.717) is 5.69 Å². The second-order valence-electron chi connectivity index (χ2n) is 2.80. The van der Waals surface area contributed by atoms with Crippen molar-refractivity contribution >= 4 is 27.5 Å². The highest BCUT2D eigenvalue weighted by atomic mass is 79.9. The third-order valence-corrected chi connectivity index (χ3v) is 2.21. The molecule has 0 unspecified atom stereocenters. The lowest BCUT2D eigenvalue weighted by molar-refractivity contribution is 0.101. The van der Waals surface area contributed by atoms with E-state index in [9.17, 15) is 4.79 Å². The van der Waals surface area contributed by atoms with E-state index in [1.807, 2.05) is 12.1 Å². The zero-order valence-corrected chi connectivity index (χ0v) is 9.15. The molecule has 0 aliphatic carbocycles. The molecule has 2 N–H and O–H groups in total. The van der Waals surface area contributed by atoms with E-state index in [2.05, 4.69) is 36.4 Å². The van der Waals surface area contributed by atoms with Crippen molar-refractivity contribution in [3.05, 3.63) is 40.9 Å². The molecule has 76 valence electrons. The van der Waals surface area contributed by atoms with E-state index in [0.717, 1.165) is 4.47 Å². The van der Waals surface area contributed by atoms with Crippen molar-refractivity contribution in [2.75, 3.05) is 5.32 Å². The molecule has 0 spiro atoms. The predicted octanol–water partition coefficient (Wildman–Crippen LogP) is 1.82. The Kier molecular flexibility index (Phi) is 2.77. The number of aromatic nitrogens is 3. The van der Waals surface area contributed by atoms with Crippen LogP contribution in [0.25, 0.3) is 0 Å². The van der Waals surface area contributed by atoms with Crippen LogP contribution in [0.15, 0.2) is 35.1 Å². The van der Waals surface area contributed by atoms with Crippen molar-refractivity contribution in [1.29, 1.82) is 0 Å². The Balaban J connectivity index is 2.13. The molecule has 5 nitrogen and oxygen atoms in total. The van der Waals surface area contributed by atoms with Gasteiger partial charge >= 0.3 is 0 Å². The summed E-state index contributed by atoms with van der Waals surface area (Å²) in [6, 6.07) is 7.30. The number of H-pyrrole nitrogens is 1. The van der Waals surface area contributed by atoms with Gasteiger partial charge in [-0.1, -0.05) is 22.0 Å². The summed E-state index contributed by atoms with van der Waals surface area (Å²) in [6.07, 6.45) is 1.29. The standard InChI is InChI=1S/C9H7BrN4O/c10-6-2-1-3-7(4-6)13-9(15)8-11-5-12-14-8/h1-5H,(H,13,15)(H,11,12,14). The van der Waals surface area contributed by atoms with Crippen molar-refractivity contribution in [1.82, 2.24) is 15.2 Å². The van der Waals surface area contributed by atoms with Crippen molar-refractivity contribution in [2.45, 2.75) is 0 Å². The number of nitrogens with one attached hydrogen (secondary N) is 2. The molecule has 0 saturated heterocycles. The highest BCUT2D eigenvalue weighted by molar-refractivity contribution is 9.10. The van der Waals surface area contributed by atoms with E-state index in [-0.39, 0.29) is 11.7 Å². The van der Waals surface area contributed by atoms with Gasteiger partial charge in [-0.05, 0) is 18.2 Å². The number of carbonyl (C=O) groups is 1. The highest BCUT2D eigenvalue weighted by Gasteiger charge is 2.08. The van der Waals surface area contributed by atoms with Gasteiger partial charge < -0.3 is 5.32 Å². The van der Waals surface area contributed by atoms with E-state index < -0.39 is 0 Å². The molecule has 0 aliphatic rings. The Morgan fingerprint density at radius 2 is 2.33 bits per heavy atom. The Labute approximate surface area is 94.0 Å². The molecule has 1 amide bonds. The summed E-state index contributed by atoms with van der Waals surface area (Å²) in [5.74, 6) is -0.124. The van der Waals surface area contributed by atoms with Gasteiger partial charge in [0, 0.05) is 10.2 Å². The molecule has 0 aliphatic heterocycles. The van der Waals surface area contributed by atoms with Gasteiger partial charge in [-0.25, -0.2) is 4.98 Å². The van der Waals surface area contributed by atoms with Gasteiger partial charge in [0.25, 0.3) is 5.91 Å². The average Bonchev–Trinajstić information content (AvgIpc) is 2.70. The molecular weight excluding hydrogens is 260 g/mol. The number of benzene rings is 1. The molecule has 0 atom stereocenters. The molecule has 0 radical (unpaired) electrons. The number of amides is 1. The lowest BCUT2D eigenvalue weighted by Gasteiger charge is -2.02. The number of carbonyl (C=O) groups excluding carboxylic acids is 1. The fourth-order valence-corrected chi connectivity index (χ4v) is 1.47. The summed E-state index contributed by atoms with van der Waals surface area (Å²) in [5.41, 5.74) is 0.700. The van der Waals surface area contributed by atoms with Crippen molar-refractivity contribution in [2.24, 2.45) is 0 Å². The van der Waals surface area contributed by atoms with Gasteiger partial charge in [0.05, 0.1) is 0 Å². The summed E-state index contributed by atoms with van der Waals surface area (Å²) in [4.78, 5) is 15.3. The van der Waals surface area contributed by atoms with Crippen LogP contribution in [0.5, 0.6) is 0 Å². The first-order chi connectivity index (χ1) is 7.25. The van der Waals surface area contributed by atoms with Gasteiger partial charge in [0.15, 0.2) is 0 Å². The number of nitrogens with zero attached hydrogens (tertiary/aromatic N) is 2. The molecular formula is C9H7BrN4O. The summed E-state index contributed by atoms with van der Waals surface area (Å²) in [5, 5.41) is 8.77. The van der Waals surface area contributed by atoms with Crippen LogP contribution in [-0.4, -0.2) is 21.1 Å². The summed E-state index contributed by atoms with van der Waals surface area (Å²) in [7, 11) is 0. The largest absolute Gasteiger partial charge is 0.319 e. The third kappa shape index (κ3) is 2.41. The van der Waals surface area contributed by atoms with Gasteiger partial charge in [0.1, 0.15) is 6.33 Å². The Bertz CT molecular complexity index is 469. The van der Waals surface area contributed by atoms with Crippen LogP contribution in [-0.2, 0) is 0 Å². The molecule has 6 heteroatoms. The maximum Gasteiger partial charge on any atom is 0.292 e. The number of rotatable bonds is 2. The molecule has 1 aromatic heterocycles. The van der Waals surface area contributed by atoms with Crippen molar-refractivity contribution in [3.8, 4) is 0 Å². The molecule has 2 rings (SSSR count). The van der Waals surface area contributed by atoms with E-state index in [4.69, 9.17) is 0 Å². The number of halogens is 1. The normalized spacial score (nSPS) is 9.93. The van der Waals surface area contributed by atoms with Gasteiger partial charge in [-0.3, -0.25) is 9.89 Å². The fourth-order valence-electron chi connectivity index (χ4n) is 1.07. The van der Waals surface area contributed by atoms with E-state index >= 15 is 0 Å². The number of hydrogen-bond donors (Lipinski definition) is 2. The zero-order valence-electron chi connectivity index (χ0n) is 7.57. The molecule has 15 heavy (non-hydrogen) atoms. The quantitative estimate of drug-likeness (QED) is 0.871. The Morgan fingerprint density at radius 3 is 3.00 bits per heavy atom. The number of hydrogen-bond acceptors (Lipinski definition) is 3. The second kappa shape index (κ2) is 4.22. The van der Waals surface area contributed by atoms with E-state index in [1.54, 1.807) is 12.1 Å². The third-order valence-electron chi connectivity index (χ3n) is 1.71. The van der Waals surface area contributed by atoms with Crippen LogP contribution in [0.4, 0.5) is 5.69 Å². The summed E-state index contributed by atoms with van der Waals surface area (Å²) in [6.45, 7) is 0. The lowest BCUT2D eigenvalue weighted by atomic mass is 10.3. The van der Waals surface area contributed by atoms with Gasteiger partial charge in [-0.2, -0.15) is 5.10 Å². The minimum atomic E-state index is -0.314. The SMILES string of the molecule is O=C(Nc1cccc(Br)c1)c1ncn[nH]1. The van der Waals surface area contributed by atoms with Crippen molar-refractivity contribution < 1.29 is 4.79 Å². The van der Waals surface area contributed by atoms with Crippen LogP contribution >= 0.6 is 15.9 Å². The molecule has 1 aromatic carbocycles. The highest BCUT2D eigenvalue weighted by Crippen LogP contribution is 2.15. The zero-order chi connectivity index (χ0) is 10.7. The second-order valence-corrected chi connectivity index (χ2v) is 3.71. The van der Waals surface area contributed by atoms with Crippen LogP contribution in [0.1, 0.15) is 10.6 Å². The number of aromatic amines is 1. The smallest absolute Gasteiger partial charge is 0.292 e. The topological polar surface area (TPSA) is 70.7 Å². The molecule has 0 fully saturated rings. The Hall–Kier alpha value is -1.69. The van der Waals surface area contributed by atoms with Crippen LogP contribution < -0.4 is 5.32 Å². The maximum atomic E-state index is 11.5. The maximum absolute atomic E-state index is 11.5. The average molecular weight is 267 g/mol. The molecule has 0 bridgehead atoms. The first kappa shape index (κ1) is 9.85.